The van der Waals surface area contributed by atoms with Gasteiger partial charge in [-0.15, -0.1) is 0 Å². The van der Waals surface area contributed by atoms with E-state index < -0.39 is 11.7 Å². The highest BCUT2D eigenvalue weighted by atomic mass is 19.1. The number of rotatable bonds is 7. The Morgan fingerprint density at radius 1 is 1.11 bits per heavy atom. The second-order valence-corrected chi connectivity index (χ2v) is 5.61. The number of nitrogens with zero attached hydrogens (tertiary/aromatic N) is 3. The van der Waals surface area contributed by atoms with E-state index in [1.165, 1.54) is 0 Å². The maximum atomic E-state index is 14.1. The minimum atomic E-state index is -0.626. The molecule has 4 N–H and O–H groups in total. The maximum absolute atomic E-state index is 14.1. The Morgan fingerprint density at radius 2 is 1.75 bits per heavy atom. The molecule has 1 amide bonds. The molecule has 8 nitrogen and oxygen atoms in total. The molecule has 3 rings (SSSR count). The number of benzene rings is 2. The Hall–Kier alpha value is -4.19. The molecule has 1 heterocycles. The zero-order valence-corrected chi connectivity index (χ0v) is 14.5. The molecule has 2 aromatic carbocycles. The summed E-state index contributed by atoms with van der Waals surface area (Å²) in [4.78, 5) is 18.8. The highest BCUT2D eigenvalue weighted by molar-refractivity contribution is 5.75. The fraction of sp³-hybridized carbons (Fsp3) is 0.0526. The van der Waals surface area contributed by atoms with Gasteiger partial charge in [-0.2, -0.15) is 10.2 Å². The summed E-state index contributed by atoms with van der Waals surface area (Å²) >= 11 is 0. The van der Waals surface area contributed by atoms with Crippen molar-refractivity contribution < 1.29 is 13.9 Å². The molecule has 0 saturated carbocycles. The largest absolute Gasteiger partial charge is 0.484 e. The minimum absolute atomic E-state index is 0.0167. The summed E-state index contributed by atoms with van der Waals surface area (Å²) in [5.41, 5.74) is 6.77. The van der Waals surface area contributed by atoms with E-state index in [2.05, 4.69) is 20.6 Å². The van der Waals surface area contributed by atoms with E-state index in [1.807, 2.05) is 6.07 Å². The highest BCUT2D eigenvalue weighted by Gasteiger charge is 2.08. The van der Waals surface area contributed by atoms with Gasteiger partial charge in [0.15, 0.2) is 18.2 Å². The summed E-state index contributed by atoms with van der Waals surface area (Å²) in [6.45, 7) is -0.225. The van der Waals surface area contributed by atoms with Crippen molar-refractivity contribution in [1.29, 1.82) is 5.26 Å². The van der Waals surface area contributed by atoms with Gasteiger partial charge in [-0.1, -0.05) is 0 Å². The zero-order chi connectivity index (χ0) is 19.9. The fourth-order valence-electron chi connectivity index (χ4n) is 2.20. The third-order valence-electron chi connectivity index (χ3n) is 3.51. The van der Waals surface area contributed by atoms with Gasteiger partial charge in [0.1, 0.15) is 5.75 Å². The molecule has 0 aliphatic heterocycles. The van der Waals surface area contributed by atoms with E-state index in [0.29, 0.717) is 22.7 Å². The molecule has 0 fully saturated rings. The fourth-order valence-corrected chi connectivity index (χ4v) is 2.20. The predicted octanol–water partition coefficient (Wildman–Crippen LogP) is 2.84. The van der Waals surface area contributed by atoms with Crippen LogP contribution in [0.1, 0.15) is 5.56 Å². The first-order valence-electron chi connectivity index (χ1n) is 8.11. The molecule has 0 bridgehead atoms. The van der Waals surface area contributed by atoms with Gasteiger partial charge in [-0.3, -0.25) is 4.79 Å². The number of amides is 1. The number of primary amides is 1. The summed E-state index contributed by atoms with van der Waals surface area (Å²) in [7, 11) is 0. The van der Waals surface area contributed by atoms with Crippen molar-refractivity contribution in [1.82, 2.24) is 9.97 Å². The van der Waals surface area contributed by atoms with Crippen LogP contribution in [-0.2, 0) is 4.79 Å². The molecule has 0 radical (unpaired) electrons. The van der Waals surface area contributed by atoms with Gasteiger partial charge in [0.2, 0.25) is 5.95 Å². The molecule has 3 aromatic rings. The second kappa shape index (κ2) is 8.46. The number of ether oxygens (including phenoxy) is 1. The van der Waals surface area contributed by atoms with Crippen LogP contribution < -0.4 is 21.1 Å². The van der Waals surface area contributed by atoms with E-state index in [9.17, 15) is 9.18 Å². The quantitative estimate of drug-likeness (QED) is 0.577. The number of hydrogen-bond acceptors (Lipinski definition) is 7. The number of aromatic nitrogens is 2. The Bertz CT molecular complexity index is 1020. The van der Waals surface area contributed by atoms with E-state index in [4.69, 9.17) is 15.7 Å². The van der Waals surface area contributed by atoms with Gasteiger partial charge in [0, 0.05) is 11.4 Å². The smallest absolute Gasteiger partial charge is 0.255 e. The first-order valence-corrected chi connectivity index (χ1v) is 8.11. The molecule has 9 heteroatoms. The zero-order valence-electron chi connectivity index (χ0n) is 14.5. The lowest BCUT2D eigenvalue weighted by molar-refractivity contribution is -0.119. The SMILES string of the molecule is N#Cc1ccc(Nc2ncc(F)c(Nc3ccc(OCC(N)=O)cc3)n2)cc1. The second-order valence-electron chi connectivity index (χ2n) is 5.61. The number of nitrogens with two attached hydrogens (primary N) is 1. The monoisotopic (exact) mass is 378 g/mol. The van der Waals surface area contributed by atoms with Gasteiger partial charge in [-0.05, 0) is 48.5 Å². The van der Waals surface area contributed by atoms with Crippen LogP contribution in [0.2, 0.25) is 0 Å². The van der Waals surface area contributed by atoms with Gasteiger partial charge < -0.3 is 21.1 Å². The van der Waals surface area contributed by atoms with E-state index in [1.54, 1.807) is 48.5 Å². The number of carbonyl (C=O) groups is 1. The van der Waals surface area contributed by atoms with Crippen molar-refractivity contribution in [3.05, 3.63) is 66.1 Å². The summed E-state index contributed by atoms with van der Waals surface area (Å²) in [5, 5.41) is 14.6. The van der Waals surface area contributed by atoms with Crippen molar-refractivity contribution in [3.8, 4) is 11.8 Å². The van der Waals surface area contributed by atoms with Crippen LogP contribution in [0.25, 0.3) is 0 Å². The topological polar surface area (TPSA) is 126 Å². The summed E-state index contributed by atoms with van der Waals surface area (Å²) in [6.07, 6.45) is 1.05. The average molecular weight is 378 g/mol. The summed E-state index contributed by atoms with van der Waals surface area (Å²) < 4.78 is 19.2. The minimum Gasteiger partial charge on any atom is -0.484 e. The first kappa shape index (κ1) is 18.6. The number of carbonyl (C=O) groups excluding carboxylic acids is 1. The molecule has 140 valence electrons. The molecular formula is C19H15FN6O2. The number of hydrogen-bond donors (Lipinski definition) is 3. The Kier molecular flexibility index (Phi) is 5.62. The average Bonchev–Trinajstić information content (AvgIpc) is 2.70. The Morgan fingerprint density at radius 3 is 2.39 bits per heavy atom. The summed E-state index contributed by atoms with van der Waals surface area (Å²) in [5.74, 6) is -0.574. The lowest BCUT2D eigenvalue weighted by atomic mass is 10.2. The van der Waals surface area contributed by atoms with Crippen molar-refractivity contribution in [2.24, 2.45) is 5.73 Å². The molecule has 1 aromatic heterocycles. The predicted molar refractivity (Wildman–Crippen MR) is 101 cm³/mol. The van der Waals surface area contributed by atoms with Crippen molar-refractivity contribution in [2.45, 2.75) is 0 Å². The van der Waals surface area contributed by atoms with Gasteiger partial charge in [0.05, 0.1) is 17.8 Å². The van der Waals surface area contributed by atoms with Crippen LogP contribution in [0.3, 0.4) is 0 Å². The third kappa shape index (κ3) is 4.92. The van der Waals surface area contributed by atoms with Crippen LogP contribution >= 0.6 is 0 Å². The number of anilines is 4. The van der Waals surface area contributed by atoms with Crippen LogP contribution in [0.4, 0.5) is 27.5 Å². The molecule has 0 atom stereocenters. The van der Waals surface area contributed by atoms with Gasteiger partial charge in [0.25, 0.3) is 5.91 Å². The molecule has 0 spiro atoms. The molecule has 0 aliphatic carbocycles. The first-order chi connectivity index (χ1) is 13.5. The van der Waals surface area contributed by atoms with Gasteiger partial charge >= 0.3 is 0 Å². The lowest BCUT2D eigenvalue weighted by Gasteiger charge is -2.10. The van der Waals surface area contributed by atoms with E-state index >= 15 is 0 Å². The van der Waals surface area contributed by atoms with Crippen molar-refractivity contribution >= 4 is 29.0 Å². The molecule has 0 aliphatic rings. The van der Waals surface area contributed by atoms with Crippen molar-refractivity contribution in [2.75, 3.05) is 17.2 Å². The van der Waals surface area contributed by atoms with Gasteiger partial charge in [-0.25, -0.2) is 9.37 Å². The third-order valence-corrected chi connectivity index (χ3v) is 3.51. The van der Waals surface area contributed by atoms with Crippen molar-refractivity contribution in [3.63, 3.8) is 0 Å². The van der Waals surface area contributed by atoms with E-state index in [0.717, 1.165) is 6.20 Å². The van der Waals surface area contributed by atoms with E-state index in [-0.39, 0.29) is 18.4 Å². The molecular weight excluding hydrogens is 363 g/mol. The van der Waals surface area contributed by atoms with Crippen LogP contribution in [0, 0.1) is 17.1 Å². The number of nitriles is 1. The molecule has 28 heavy (non-hydrogen) atoms. The highest BCUT2D eigenvalue weighted by Crippen LogP contribution is 2.22. The number of nitrogens with one attached hydrogen (secondary N) is 2. The lowest BCUT2D eigenvalue weighted by Crippen LogP contribution is -2.19. The molecule has 0 unspecified atom stereocenters. The van der Waals surface area contributed by atoms with Crippen LogP contribution in [-0.4, -0.2) is 22.5 Å². The molecule has 0 saturated heterocycles. The Balaban J connectivity index is 1.70. The Labute approximate surface area is 159 Å². The maximum Gasteiger partial charge on any atom is 0.255 e. The van der Waals surface area contributed by atoms with Crippen LogP contribution in [0.5, 0.6) is 5.75 Å². The number of halogens is 1. The normalized spacial score (nSPS) is 10.0. The van der Waals surface area contributed by atoms with Crippen LogP contribution in [0.15, 0.2) is 54.7 Å². The summed E-state index contributed by atoms with van der Waals surface area (Å²) in [6, 6.07) is 15.2. The standard InChI is InChI=1S/C19H15FN6O2/c20-16-10-23-19(25-14-3-1-12(9-21)2-4-14)26-18(16)24-13-5-7-15(8-6-13)28-11-17(22)27/h1-8,10H,11H2,(H2,22,27)(H2,23,24,25,26).